The number of para-hydroxylation sites is 2. The molecule has 3 amide bonds. The molecule has 12 nitrogen and oxygen atoms in total. The number of nitrogens with two attached hydrogens (primary N) is 1. The first kappa shape index (κ1) is 33.7. The van der Waals surface area contributed by atoms with Gasteiger partial charge in [0.1, 0.15) is 23.4 Å². The molecule has 2 aliphatic carbocycles. The molecule has 4 aliphatic rings. The molecule has 51 heavy (non-hydrogen) atoms. The van der Waals surface area contributed by atoms with E-state index in [-0.39, 0.29) is 31.2 Å². The minimum Gasteiger partial charge on any atom is -0.471 e. The fourth-order valence-corrected chi connectivity index (χ4v) is 9.63. The summed E-state index contributed by atoms with van der Waals surface area (Å²) in [4.78, 5) is 53.9. The van der Waals surface area contributed by atoms with Gasteiger partial charge in [0.2, 0.25) is 27.7 Å². The van der Waals surface area contributed by atoms with Crippen LogP contribution < -0.4 is 20.5 Å². The van der Waals surface area contributed by atoms with E-state index in [1.807, 2.05) is 60.7 Å². The molecule has 0 spiro atoms. The molecule has 8 rings (SSSR count). The molecule has 14 heteroatoms. The Morgan fingerprint density at radius 1 is 1.02 bits per heavy atom. The lowest BCUT2D eigenvalue weighted by atomic mass is 10.1. The van der Waals surface area contributed by atoms with Crippen LogP contribution in [-0.4, -0.2) is 76.5 Å². The summed E-state index contributed by atoms with van der Waals surface area (Å²) in [5.74, 6) is -1.76. The fourth-order valence-electron chi connectivity index (χ4n) is 7.23. The summed E-state index contributed by atoms with van der Waals surface area (Å²) < 4.78 is 35.5. The molecule has 0 bridgehead atoms. The first-order valence-corrected chi connectivity index (χ1v) is 20.0. The third kappa shape index (κ3) is 6.72. The van der Waals surface area contributed by atoms with E-state index in [4.69, 9.17) is 20.4 Å². The van der Waals surface area contributed by atoms with Crippen LogP contribution in [0.4, 0.5) is 0 Å². The number of thiophene rings is 1. The molecule has 2 unspecified atom stereocenters. The van der Waals surface area contributed by atoms with Crippen molar-refractivity contribution in [2.24, 2.45) is 11.7 Å². The summed E-state index contributed by atoms with van der Waals surface area (Å²) >= 11 is 1.57. The van der Waals surface area contributed by atoms with E-state index in [1.54, 1.807) is 11.3 Å². The van der Waals surface area contributed by atoms with Crippen molar-refractivity contribution in [3.63, 3.8) is 0 Å². The minimum atomic E-state index is -3.85. The van der Waals surface area contributed by atoms with Gasteiger partial charge in [0, 0.05) is 17.0 Å². The second kappa shape index (κ2) is 13.3. The maximum atomic E-state index is 14.2. The number of nitrogens with zero attached hydrogens (tertiary/aromatic N) is 3. The zero-order valence-corrected chi connectivity index (χ0v) is 29.6. The number of hydrogen-bond donors (Lipinski definition) is 3. The van der Waals surface area contributed by atoms with Gasteiger partial charge in [-0.15, -0.1) is 11.3 Å². The number of sulfonamides is 1. The molecule has 2 aromatic carbocycles. The highest BCUT2D eigenvalue weighted by Crippen LogP contribution is 2.46. The Bertz CT molecular complexity index is 2130. The Labute approximate surface area is 299 Å². The monoisotopic (exact) mass is 728 g/mol. The Hall–Kier alpha value is -4.40. The minimum absolute atomic E-state index is 0.0730. The molecule has 2 aromatic heterocycles. The number of carbonyl (C=O) groups excluding carboxylic acids is 3. The Kier molecular flexibility index (Phi) is 8.79. The van der Waals surface area contributed by atoms with Gasteiger partial charge in [-0.2, -0.15) is 0 Å². The fraction of sp³-hybridized carbons (Fsp3) is 0.432. The number of benzene rings is 2. The smallest absolute Gasteiger partial charge is 0.259 e. The molecular formula is C37H40N6O6S2. The number of aromatic nitrogens is 2. The Morgan fingerprint density at radius 2 is 1.78 bits per heavy atom. The maximum Gasteiger partial charge on any atom is 0.259 e. The third-order valence-corrected chi connectivity index (χ3v) is 13.3. The van der Waals surface area contributed by atoms with Gasteiger partial charge in [-0.1, -0.05) is 55.3 Å². The average molecular weight is 729 g/mol. The summed E-state index contributed by atoms with van der Waals surface area (Å²) in [5, 5.41) is 3.37. The number of hydrogen-bond acceptors (Lipinski definition) is 10. The van der Waals surface area contributed by atoms with Crippen LogP contribution in [-0.2, 0) is 24.4 Å². The zero-order valence-electron chi connectivity index (χ0n) is 28.0. The summed E-state index contributed by atoms with van der Waals surface area (Å²) in [7, 11) is -3.85. The van der Waals surface area contributed by atoms with Crippen molar-refractivity contribution in [1.29, 1.82) is 0 Å². The summed E-state index contributed by atoms with van der Waals surface area (Å²) in [6.07, 6.45) is 8.34. The molecule has 0 radical (unpaired) electrons. The van der Waals surface area contributed by atoms with Crippen molar-refractivity contribution in [3.8, 4) is 16.5 Å². The van der Waals surface area contributed by atoms with Crippen LogP contribution in [0.15, 0.2) is 66.7 Å². The van der Waals surface area contributed by atoms with E-state index in [2.05, 4.69) is 16.1 Å². The van der Waals surface area contributed by atoms with Gasteiger partial charge in [-0.05, 0) is 68.2 Å². The van der Waals surface area contributed by atoms with Gasteiger partial charge < -0.3 is 20.7 Å². The van der Waals surface area contributed by atoms with Crippen molar-refractivity contribution >= 4 is 60.2 Å². The van der Waals surface area contributed by atoms with E-state index in [9.17, 15) is 22.8 Å². The van der Waals surface area contributed by atoms with Crippen LogP contribution in [0.5, 0.6) is 5.88 Å². The molecule has 266 valence electrons. The number of rotatable bonds is 6. The Morgan fingerprint density at radius 3 is 2.57 bits per heavy atom. The number of fused-ring (bicyclic) bond motifs is 4. The average Bonchev–Trinajstić information content (AvgIpc) is 4.01. The molecule has 1 saturated heterocycles. The van der Waals surface area contributed by atoms with E-state index in [1.165, 1.54) is 4.90 Å². The zero-order chi connectivity index (χ0) is 35.3. The van der Waals surface area contributed by atoms with E-state index < -0.39 is 50.8 Å². The quantitative estimate of drug-likeness (QED) is 0.246. The molecule has 4 heterocycles. The summed E-state index contributed by atoms with van der Waals surface area (Å²) in [6, 6.07) is 15.8. The molecular weight excluding hydrogens is 689 g/mol. The maximum absolute atomic E-state index is 14.2. The lowest BCUT2D eigenvalue weighted by molar-refractivity contribution is -0.140. The van der Waals surface area contributed by atoms with Gasteiger partial charge in [-0.3, -0.25) is 19.1 Å². The van der Waals surface area contributed by atoms with Crippen molar-refractivity contribution in [2.75, 3.05) is 6.54 Å². The standard InChI is InChI=1S/C37H40N6O6S2/c38-26-12-5-3-1-2-4-11-23-20-37(23,36(46)42-51(47,48)25-16-17-25)41-33(44)29-19-24(21-43(29)35(26)45)49-34-32(39-27-13-7-8-14-28(27)40-34)31-18-22-10-6-9-15-30(22)50-31/h4,6-11,13-15,18,23-26,29H,1-3,5,12,16-17,19-21,38H2,(H,41,44)(H,42,46)/b11-4-/t23?,24-,26?,29+,37-/m1/s1. The summed E-state index contributed by atoms with van der Waals surface area (Å²) in [5.41, 5.74) is 6.91. The first-order valence-electron chi connectivity index (χ1n) is 17.6. The van der Waals surface area contributed by atoms with E-state index in [0.717, 1.165) is 40.6 Å². The largest absolute Gasteiger partial charge is 0.471 e. The number of ether oxygens (including phenoxy) is 1. The second-order valence-electron chi connectivity index (χ2n) is 14.1. The van der Waals surface area contributed by atoms with E-state index in [0.29, 0.717) is 41.9 Å². The predicted molar refractivity (Wildman–Crippen MR) is 194 cm³/mol. The topological polar surface area (TPSA) is 174 Å². The van der Waals surface area contributed by atoms with Crippen LogP contribution in [0.25, 0.3) is 31.7 Å². The number of carbonyl (C=O) groups is 3. The lowest BCUT2D eigenvalue weighted by Gasteiger charge is -2.28. The van der Waals surface area contributed by atoms with Gasteiger partial charge in [0.25, 0.3) is 5.91 Å². The van der Waals surface area contributed by atoms with Gasteiger partial charge in [0.15, 0.2) is 0 Å². The van der Waals surface area contributed by atoms with Gasteiger partial charge in [-0.25, -0.2) is 18.4 Å². The number of amides is 3. The van der Waals surface area contributed by atoms with Crippen molar-refractivity contribution < 1.29 is 27.5 Å². The first-order chi connectivity index (χ1) is 24.6. The molecule has 2 aliphatic heterocycles. The highest BCUT2D eigenvalue weighted by molar-refractivity contribution is 7.91. The van der Waals surface area contributed by atoms with Crippen LogP contribution >= 0.6 is 11.3 Å². The van der Waals surface area contributed by atoms with Crippen LogP contribution in [0.3, 0.4) is 0 Å². The molecule has 4 N–H and O–H groups in total. The van der Waals surface area contributed by atoms with Crippen LogP contribution in [0.1, 0.15) is 57.8 Å². The normalized spacial score (nSPS) is 27.9. The van der Waals surface area contributed by atoms with E-state index >= 15 is 0 Å². The van der Waals surface area contributed by atoms with Gasteiger partial charge >= 0.3 is 0 Å². The Balaban J connectivity index is 1.11. The third-order valence-electron chi connectivity index (χ3n) is 10.4. The van der Waals surface area contributed by atoms with Crippen molar-refractivity contribution in [1.82, 2.24) is 24.9 Å². The number of allylic oxidation sites excluding steroid dienone is 1. The molecule has 2 saturated carbocycles. The summed E-state index contributed by atoms with van der Waals surface area (Å²) in [6.45, 7) is 0.0730. The SMILES string of the molecule is NC1CCCCC/C=C\C2C[C@@]2(C(=O)NS(=O)(=O)C2CC2)NC(=O)[C@@H]2C[C@@H](Oc3nc4ccccc4nc3-c3cc4ccccc4s3)CN2C1=O. The predicted octanol–water partition coefficient (Wildman–Crippen LogP) is 4.19. The highest BCUT2D eigenvalue weighted by atomic mass is 32.2. The number of nitrogens with one attached hydrogen (secondary N) is 2. The molecule has 5 atom stereocenters. The highest BCUT2D eigenvalue weighted by Gasteiger charge is 2.62. The van der Waals surface area contributed by atoms with Crippen molar-refractivity contribution in [3.05, 3.63) is 66.7 Å². The van der Waals surface area contributed by atoms with Crippen LogP contribution in [0, 0.1) is 5.92 Å². The van der Waals surface area contributed by atoms with Crippen molar-refractivity contribution in [2.45, 2.75) is 86.8 Å². The second-order valence-corrected chi connectivity index (χ2v) is 17.2. The molecule has 4 aromatic rings. The van der Waals surface area contributed by atoms with Gasteiger partial charge in [0.05, 0.1) is 33.7 Å². The molecule has 3 fully saturated rings. The van der Waals surface area contributed by atoms with Crippen LogP contribution in [0.2, 0.25) is 0 Å². The lowest BCUT2D eigenvalue weighted by Crippen LogP contribution is -2.57.